The number of amides is 1. The topological polar surface area (TPSA) is 107 Å². The summed E-state index contributed by atoms with van der Waals surface area (Å²) in [4.78, 5) is 52.6. The number of Topliss-reactive ketones (excluding diaryl/α,β-unsaturated/α-hetero) is 1. The smallest absolute Gasteiger partial charge is 0.352 e. The van der Waals surface area contributed by atoms with Crippen molar-refractivity contribution in [3.8, 4) is 0 Å². The minimum absolute atomic E-state index is 0.146. The third-order valence-electron chi connectivity index (χ3n) is 6.14. The van der Waals surface area contributed by atoms with Crippen molar-refractivity contribution in [1.82, 2.24) is 24.1 Å². The van der Waals surface area contributed by atoms with Crippen LogP contribution in [0.3, 0.4) is 0 Å². The summed E-state index contributed by atoms with van der Waals surface area (Å²) in [5.41, 5.74) is 2.06. The van der Waals surface area contributed by atoms with E-state index in [2.05, 4.69) is 10.4 Å². The normalized spacial score (nSPS) is 11.5. The molecule has 2 aromatic carbocycles. The molecule has 188 valence electrons. The van der Waals surface area contributed by atoms with Crippen molar-refractivity contribution in [3.05, 3.63) is 79.5 Å². The van der Waals surface area contributed by atoms with Crippen LogP contribution in [0.1, 0.15) is 59.0 Å². The number of nitrogens with zero attached hydrogens (tertiary/aromatic N) is 4. The molecule has 1 N–H and O–H groups in total. The van der Waals surface area contributed by atoms with Gasteiger partial charge in [-0.1, -0.05) is 38.5 Å². The molecule has 9 nitrogen and oxygen atoms in total. The Morgan fingerprint density at radius 1 is 1.06 bits per heavy atom. The molecule has 0 bridgehead atoms. The van der Waals surface area contributed by atoms with E-state index in [4.69, 9.17) is 0 Å². The number of carbonyl (C=O) groups is 2. The van der Waals surface area contributed by atoms with Gasteiger partial charge < -0.3 is 5.32 Å². The van der Waals surface area contributed by atoms with Crippen LogP contribution in [0.2, 0.25) is 0 Å². The molecular formula is C27H31N5O4. The number of nitrogens with one attached hydrogen (secondary N) is 1. The van der Waals surface area contributed by atoms with E-state index in [0.717, 1.165) is 15.8 Å². The fourth-order valence-electron chi connectivity index (χ4n) is 4.24. The van der Waals surface area contributed by atoms with E-state index >= 15 is 0 Å². The molecule has 4 aromatic rings. The van der Waals surface area contributed by atoms with Crippen LogP contribution >= 0.6 is 0 Å². The van der Waals surface area contributed by atoms with Gasteiger partial charge >= 0.3 is 5.69 Å². The zero-order valence-electron chi connectivity index (χ0n) is 21.3. The summed E-state index contributed by atoms with van der Waals surface area (Å²) in [5.74, 6) is -0.114. The lowest BCUT2D eigenvalue weighted by atomic mass is 10.0. The fraction of sp³-hybridized carbons (Fsp3) is 0.370. The first-order valence-electron chi connectivity index (χ1n) is 12.2. The quantitative estimate of drug-likeness (QED) is 0.383. The number of aromatic nitrogens is 4. The van der Waals surface area contributed by atoms with E-state index in [1.807, 2.05) is 46.8 Å². The number of ketones is 1. The molecule has 0 aliphatic heterocycles. The average molecular weight is 490 g/mol. The average Bonchev–Trinajstić information content (AvgIpc) is 3.16. The molecule has 0 aliphatic carbocycles. The van der Waals surface area contributed by atoms with Gasteiger partial charge in [-0.15, -0.1) is 5.10 Å². The lowest BCUT2D eigenvalue weighted by Gasteiger charge is -2.11. The van der Waals surface area contributed by atoms with Crippen molar-refractivity contribution in [2.75, 3.05) is 6.54 Å². The van der Waals surface area contributed by atoms with Gasteiger partial charge in [-0.05, 0) is 56.0 Å². The second-order valence-corrected chi connectivity index (χ2v) is 9.61. The summed E-state index contributed by atoms with van der Waals surface area (Å²) in [6.45, 7) is 10.3. The molecule has 0 radical (unpaired) electrons. The number of benzene rings is 2. The Morgan fingerprint density at radius 2 is 1.81 bits per heavy atom. The van der Waals surface area contributed by atoms with E-state index in [1.54, 1.807) is 18.2 Å². The Labute approximate surface area is 208 Å². The zero-order valence-corrected chi connectivity index (χ0v) is 21.3. The Bertz CT molecular complexity index is 1610. The third kappa shape index (κ3) is 4.60. The summed E-state index contributed by atoms with van der Waals surface area (Å²) >= 11 is 0. The van der Waals surface area contributed by atoms with Crippen molar-refractivity contribution in [2.45, 2.75) is 54.1 Å². The molecule has 9 heteroatoms. The van der Waals surface area contributed by atoms with E-state index in [1.165, 1.54) is 15.0 Å². The van der Waals surface area contributed by atoms with Crippen molar-refractivity contribution in [2.24, 2.45) is 5.92 Å². The van der Waals surface area contributed by atoms with Gasteiger partial charge in [-0.25, -0.2) is 13.9 Å². The van der Waals surface area contributed by atoms with Gasteiger partial charge in [0.25, 0.3) is 11.5 Å². The summed E-state index contributed by atoms with van der Waals surface area (Å²) in [6, 6.07) is 10.3. The molecule has 1 amide bonds. The van der Waals surface area contributed by atoms with E-state index < -0.39 is 5.69 Å². The zero-order chi connectivity index (χ0) is 26.1. The summed E-state index contributed by atoms with van der Waals surface area (Å²) in [6.07, 6.45) is 0.652. The first kappa shape index (κ1) is 25.1. The lowest BCUT2D eigenvalue weighted by molar-refractivity contribution is 0.0946. The molecule has 0 atom stereocenters. The Hall–Kier alpha value is -4.01. The molecule has 0 unspecified atom stereocenters. The second-order valence-electron chi connectivity index (χ2n) is 9.61. The van der Waals surface area contributed by atoms with Gasteiger partial charge in [0.2, 0.25) is 5.78 Å². The van der Waals surface area contributed by atoms with Gasteiger partial charge in [0, 0.05) is 24.2 Å². The maximum atomic E-state index is 13.5. The van der Waals surface area contributed by atoms with Gasteiger partial charge in [-0.2, -0.15) is 0 Å². The van der Waals surface area contributed by atoms with Crippen molar-refractivity contribution in [1.29, 1.82) is 0 Å². The number of carbonyl (C=O) groups excluding carboxylic acids is 2. The van der Waals surface area contributed by atoms with Crippen LogP contribution < -0.4 is 16.6 Å². The number of rotatable bonds is 8. The molecule has 4 rings (SSSR count). The highest BCUT2D eigenvalue weighted by atomic mass is 16.2. The second kappa shape index (κ2) is 9.93. The SMILES string of the molecule is CCCn1c(=O)c2ccc(C(=O)NCC(C)C)cc2n2c(=O)n(CC(=O)c3cc(C)ccc3C)nc12. The van der Waals surface area contributed by atoms with Crippen LogP contribution in [0.5, 0.6) is 0 Å². The number of fused-ring (bicyclic) bond motifs is 3. The first-order chi connectivity index (χ1) is 17.1. The van der Waals surface area contributed by atoms with Crippen molar-refractivity contribution in [3.63, 3.8) is 0 Å². The van der Waals surface area contributed by atoms with Crippen LogP contribution in [0.4, 0.5) is 0 Å². The Kier molecular flexibility index (Phi) is 6.92. The molecule has 36 heavy (non-hydrogen) atoms. The monoisotopic (exact) mass is 489 g/mol. The predicted octanol–water partition coefficient (Wildman–Crippen LogP) is 3.11. The minimum Gasteiger partial charge on any atom is -0.352 e. The van der Waals surface area contributed by atoms with Crippen LogP contribution in [-0.2, 0) is 13.1 Å². The number of hydrogen-bond acceptors (Lipinski definition) is 5. The summed E-state index contributed by atoms with van der Waals surface area (Å²) < 4.78 is 3.86. The van der Waals surface area contributed by atoms with E-state index in [9.17, 15) is 19.2 Å². The molecule has 0 spiro atoms. The lowest BCUT2D eigenvalue weighted by Crippen LogP contribution is -2.29. The van der Waals surface area contributed by atoms with Gasteiger partial charge in [0.15, 0.2) is 5.78 Å². The standard InChI is InChI=1S/C27H31N5O4/c1-6-11-30-25(35)20-10-9-19(24(34)28-14-16(2)3)13-22(20)32-26(30)29-31(27(32)36)15-23(33)21-12-17(4)7-8-18(21)5/h7-10,12-13,16H,6,11,14-15H2,1-5H3,(H,28,34). The van der Waals surface area contributed by atoms with Gasteiger partial charge in [0.05, 0.1) is 10.9 Å². The summed E-state index contributed by atoms with van der Waals surface area (Å²) in [5, 5.41) is 7.56. The van der Waals surface area contributed by atoms with Crippen LogP contribution in [0, 0.1) is 19.8 Å². The Balaban J connectivity index is 1.89. The number of aryl methyl sites for hydroxylation is 3. The molecule has 0 fully saturated rings. The largest absolute Gasteiger partial charge is 0.352 e. The van der Waals surface area contributed by atoms with E-state index in [-0.39, 0.29) is 41.0 Å². The Morgan fingerprint density at radius 3 is 2.50 bits per heavy atom. The summed E-state index contributed by atoms with van der Waals surface area (Å²) in [7, 11) is 0. The third-order valence-corrected chi connectivity index (χ3v) is 6.14. The molecule has 0 saturated carbocycles. The van der Waals surface area contributed by atoms with Crippen molar-refractivity contribution < 1.29 is 9.59 Å². The maximum Gasteiger partial charge on any atom is 0.352 e. The highest BCUT2D eigenvalue weighted by molar-refractivity contribution is 5.98. The predicted molar refractivity (Wildman–Crippen MR) is 139 cm³/mol. The molecular weight excluding hydrogens is 458 g/mol. The highest BCUT2D eigenvalue weighted by Crippen LogP contribution is 2.16. The van der Waals surface area contributed by atoms with Crippen LogP contribution in [-0.4, -0.2) is 37.0 Å². The molecule has 0 saturated heterocycles. The molecule has 0 aliphatic rings. The van der Waals surface area contributed by atoms with Gasteiger partial charge in [-0.3, -0.25) is 19.0 Å². The minimum atomic E-state index is -0.543. The van der Waals surface area contributed by atoms with Crippen LogP contribution in [0.15, 0.2) is 46.0 Å². The fourth-order valence-corrected chi connectivity index (χ4v) is 4.24. The first-order valence-corrected chi connectivity index (χ1v) is 12.2. The molecule has 2 heterocycles. The highest BCUT2D eigenvalue weighted by Gasteiger charge is 2.21. The van der Waals surface area contributed by atoms with Crippen LogP contribution in [0.25, 0.3) is 16.7 Å². The van der Waals surface area contributed by atoms with E-state index in [0.29, 0.717) is 36.0 Å². The molecule has 2 aromatic heterocycles. The number of hydrogen-bond donors (Lipinski definition) is 1. The van der Waals surface area contributed by atoms with Gasteiger partial charge in [0.1, 0.15) is 6.54 Å². The maximum absolute atomic E-state index is 13.5. The van der Waals surface area contributed by atoms with Crippen molar-refractivity contribution >= 4 is 28.4 Å².